The highest BCUT2D eigenvalue weighted by molar-refractivity contribution is 9.10. The molecule has 4 amide bonds. The molecule has 21 heavy (non-hydrogen) atoms. The molecule has 1 aromatic carbocycles. The fourth-order valence-electron chi connectivity index (χ4n) is 2.55. The van der Waals surface area contributed by atoms with Gasteiger partial charge >= 0.3 is 6.03 Å². The second-order valence-electron chi connectivity index (χ2n) is 5.05. The van der Waals surface area contributed by atoms with E-state index in [2.05, 4.69) is 21.2 Å². The predicted octanol–water partition coefficient (Wildman–Crippen LogP) is 2.48. The van der Waals surface area contributed by atoms with Gasteiger partial charge in [0.25, 0.3) is 5.91 Å². The highest BCUT2D eigenvalue weighted by Gasteiger charge is 2.58. The average Bonchev–Trinajstić information content (AvgIpc) is 2.33. The minimum absolute atomic E-state index is 0.0842. The van der Waals surface area contributed by atoms with Crippen LogP contribution in [0.2, 0.25) is 0 Å². The molecule has 0 radical (unpaired) electrons. The van der Waals surface area contributed by atoms with Crippen molar-refractivity contribution >= 4 is 39.5 Å². The van der Waals surface area contributed by atoms with Gasteiger partial charge in [-0.3, -0.25) is 14.9 Å². The summed E-state index contributed by atoms with van der Waals surface area (Å²) in [5, 5.41) is 2.06. The number of imide groups is 2. The van der Waals surface area contributed by atoms with E-state index in [0.717, 1.165) is 6.07 Å². The van der Waals surface area contributed by atoms with Gasteiger partial charge in [0.1, 0.15) is 17.0 Å². The Kier molecular flexibility index (Phi) is 3.09. The summed E-state index contributed by atoms with van der Waals surface area (Å²) in [6.07, 6.45) is 1.30. The van der Waals surface area contributed by atoms with Gasteiger partial charge in [-0.15, -0.1) is 0 Å². The normalized spacial score (nSPS) is 20.5. The van der Waals surface area contributed by atoms with E-state index in [9.17, 15) is 23.2 Å². The first-order valence-corrected chi connectivity index (χ1v) is 7.00. The van der Waals surface area contributed by atoms with E-state index in [1.54, 1.807) is 0 Å². The lowest BCUT2D eigenvalue weighted by molar-refractivity contribution is -0.148. The maximum Gasteiger partial charge on any atom is 0.335 e. The molecule has 2 fully saturated rings. The van der Waals surface area contributed by atoms with Gasteiger partial charge in [0, 0.05) is 6.07 Å². The molecule has 110 valence electrons. The lowest BCUT2D eigenvalue weighted by Crippen LogP contribution is -2.66. The van der Waals surface area contributed by atoms with E-state index in [1.165, 1.54) is 0 Å². The topological polar surface area (TPSA) is 66.5 Å². The minimum Gasteiger partial charge on any atom is -0.276 e. The summed E-state index contributed by atoms with van der Waals surface area (Å²) < 4.78 is 27.1. The number of rotatable bonds is 1. The number of amides is 4. The fraction of sp³-hybridized carbons (Fsp3) is 0.308. The number of barbiturate groups is 1. The van der Waals surface area contributed by atoms with Gasteiger partial charge in [0.05, 0.1) is 10.2 Å². The van der Waals surface area contributed by atoms with Crippen LogP contribution in [0.5, 0.6) is 0 Å². The Balaban J connectivity index is 2.09. The fourth-order valence-corrected chi connectivity index (χ4v) is 2.88. The van der Waals surface area contributed by atoms with Gasteiger partial charge in [-0.25, -0.2) is 18.5 Å². The molecule has 1 aliphatic heterocycles. The van der Waals surface area contributed by atoms with Crippen molar-refractivity contribution in [2.75, 3.05) is 4.90 Å². The number of carbonyl (C=O) groups excluding carboxylic acids is 3. The van der Waals surface area contributed by atoms with Crippen LogP contribution in [0.15, 0.2) is 16.6 Å². The number of carbonyl (C=O) groups is 3. The highest BCUT2D eigenvalue weighted by atomic mass is 79.9. The molecule has 1 saturated heterocycles. The molecule has 0 atom stereocenters. The minimum atomic E-state index is -1.30. The molecule has 1 saturated carbocycles. The lowest BCUT2D eigenvalue weighted by Gasteiger charge is -2.44. The van der Waals surface area contributed by atoms with Crippen molar-refractivity contribution < 1.29 is 23.2 Å². The van der Waals surface area contributed by atoms with Crippen molar-refractivity contribution in [1.29, 1.82) is 0 Å². The van der Waals surface area contributed by atoms with E-state index >= 15 is 0 Å². The first kappa shape index (κ1) is 14.1. The van der Waals surface area contributed by atoms with Crippen LogP contribution < -0.4 is 10.2 Å². The third-order valence-corrected chi connectivity index (χ3v) is 4.52. The van der Waals surface area contributed by atoms with Crippen LogP contribution in [0.4, 0.5) is 19.3 Å². The van der Waals surface area contributed by atoms with Gasteiger partial charge in [0.15, 0.2) is 0 Å². The van der Waals surface area contributed by atoms with Crippen molar-refractivity contribution in [2.24, 2.45) is 5.41 Å². The molecular weight excluding hydrogens is 350 g/mol. The quantitative estimate of drug-likeness (QED) is 0.619. The molecule has 0 aromatic heterocycles. The SMILES string of the molecule is O=C1NC(=O)C2(CCC2)C(=O)N1c1cc(Br)c(F)cc1F. The van der Waals surface area contributed by atoms with Crippen LogP contribution in [0.1, 0.15) is 19.3 Å². The Morgan fingerprint density at radius 2 is 1.81 bits per heavy atom. The van der Waals surface area contributed by atoms with Crippen molar-refractivity contribution in [1.82, 2.24) is 5.32 Å². The van der Waals surface area contributed by atoms with E-state index < -0.39 is 34.9 Å². The summed E-state index contributed by atoms with van der Waals surface area (Å²) in [5.74, 6) is -3.32. The molecule has 2 aliphatic rings. The lowest BCUT2D eigenvalue weighted by atomic mass is 9.66. The van der Waals surface area contributed by atoms with Crippen LogP contribution in [0, 0.1) is 17.0 Å². The number of anilines is 1. The van der Waals surface area contributed by atoms with E-state index in [-0.39, 0.29) is 10.2 Å². The molecule has 3 rings (SSSR count). The summed E-state index contributed by atoms with van der Waals surface area (Å²) in [4.78, 5) is 36.8. The third kappa shape index (κ3) is 1.89. The Morgan fingerprint density at radius 3 is 2.38 bits per heavy atom. The standard InChI is InChI=1S/C13H9BrF2N2O3/c14-6-4-9(8(16)5-7(6)15)18-11(20)13(2-1-3-13)10(19)17-12(18)21/h4-5H,1-3H2,(H,17,19,21). The van der Waals surface area contributed by atoms with Gasteiger partial charge in [-0.05, 0) is 34.8 Å². The van der Waals surface area contributed by atoms with Gasteiger partial charge < -0.3 is 0 Å². The van der Waals surface area contributed by atoms with Crippen molar-refractivity contribution in [3.63, 3.8) is 0 Å². The average molecular weight is 359 g/mol. The van der Waals surface area contributed by atoms with Crippen molar-refractivity contribution in [3.05, 3.63) is 28.2 Å². The number of nitrogens with zero attached hydrogens (tertiary/aromatic N) is 1. The number of hydrogen-bond donors (Lipinski definition) is 1. The van der Waals surface area contributed by atoms with E-state index in [0.29, 0.717) is 30.2 Å². The molecule has 1 N–H and O–H groups in total. The van der Waals surface area contributed by atoms with Crippen LogP contribution >= 0.6 is 15.9 Å². The molecule has 5 nitrogen and oxygen atoms in total. The summed E-state index contributed by atoms with van der Waals surface area (Å²) in [6, 6.07) is 0.550. The smallest absolute Gasteiger partial charge is 0.276 e. The molecule has 1 heterocycles. The maximum atomic E-state index is 13.9. The monoisotopic (exact) mass is 358 g/mol. The zero-order valence-electron chi connectivity index (χ0n) is 10.6. The Morgan fingerprint density at radius 1 is 1.14 bits per heavy atom. The summed E-state index contributed by atoms with van der Waals surface area (Å²) in [6.45, 7) is 0. The van der Waals surface area contributed by atoms with Crippen LogP contribution in [-0.4, -0.2) is 17.8 Å². The van der Waals surface area contributed by atoms with Gasteiger partial charge in [0.2, 0.25) is 5.91 Å². The Hall–Kier alpha value is -1.83. The number of benzene rings is 1. The van der Waals surface area contributed by atoms with Crippen LogP contribution in [-0.2, 0) is 9.59 Å². The molecule has 1 aromatic rings. The highest BCUT2D eigenvalue weighted by Crippen LogP contribution is 2.45. The van der Waals surface area contributed by atoms with Crippen LogP contribution in [0.25, 0.3) is 0 Å². The zero-order valence-corrected chi connectivity index (χ0v) is 12.2. The van der Waals surface area contributed by atoms with Gasteiger partial charge in [-0.1, -0.05) is 6.42 Å². The Bertz CT molecular complexity index is 688. The maximum absolute atomic E-state index is 13.9. The summed E-state index contributed by atoms with van der Waals surface area (Å²) in [5.41, 5.74) is -1.69. The molecule has 8 heteroatoms. The Labute approximate surface area is 126 Å². The number of urea groups is 1. The molecule has 0 unspecified atom stereocenters. The predicted molar refractivity (Wildman–Crippen MR) is 71.4 cm³/mol. The first-order valence-electron chi connectivity index (χ1n) is 6.21. The zero-order chi connectivity index (χ0) is 15.4. The molecule has 0 bridgehead atoms. The molecular formula is C13H9BrF2N2O3. The molecule has 1 aliphatic carbocycles. The van der Waals surface area contributed by atoms with Crippen LogP contribution in [0.3, 0.4) is 0 Å². The summed E-state index contributed by atoms with van der Waals surface area (Å²) in [7, 11) is 0. The van der Waals surface area contributed by atoms with E-state index in [4.69, 9.17) is 0 Å². The number of nitrogens with one attached hydrogen (secondary N) is 1. The van der Waals surface area contributed by atoms with Crippen molar-refractivity contribution in [3.8, 4) is 0 Å². The first-order chi connectivity index (χ1) is 9.86. The van der Waals surface area contributed by atoms with Gasteiger partial charge in [-0.2, -0.15) is 0 Å². The van der Waals surface area contributed by atoms with Crippen molar-refractivity contribution in [2.45, 2.75) is 19.3 Å². The second-order valence-corrected chi connectivity index (χ2v) is 5.91. The summed E-state index contributed by atoms with van der Waals surface area (Å²) >= 11 is 2.88. The number of hydrogen-bond acceptors (Lipinski definition) is 3. The molecule has 1 spiro atoms. The third-order valence-electron chi connectivity index (χ3n) is 3.91. The largest absolute Gasteiger partial charge is 0.335 e. The number of halogens is 3. The van der Waals surface area contributed by atoms with E-state index in [1.807, 2.05) is 0 Å². The second kappa shape index (κ2) is 4.59.